The number of hydrogen-bond donors (Lipinski definition) is 0. The molecule has 0 amide bonds. The fourth-order valence-corrected chi connectivity index (χ4v) is 2.25. The molecule has 2 saturated heterocycles. The van der Waals surface area contributed by atoms with Gasteiger partial charge in [0.25, 0.3) is 0 Å². The molecule has 42 valence electrons. The lowest BCUT2D eigenvalue weighted by molar-refractivity contribution is 0.142. The molecule has 1 heteroatoms. The van der Waals surface area contributed by atoms with E-state index in [1.54, 1.807) is 5.70 Å². The molecule has 2 atom stereocenters. The molecule has 0 aromatic rings. The summed E-state index contributed by atoms with van der Waals surface area (Å²) in [6.45, 7) is 0. The molecule has 0 radical (unpaired) electrons. The molecule has 1 nitrogen and oxygen atoms in total. The SMILES string of the molecule is C1=C2CC3CCC1N23. The Morgan fingerprint density at radius 3 is 3.12 bits per heavy atom. The van der Waals surface area contributed by atoms with Crippen molar-refractivity contribution in [3.8, 4) is 0 Å². The normalized spacial score (nSPS) is 47.0. The zero-order valence-corrected chi connectivity index (χ0v) is 4.80. The first kappa shape index (κ1) is 3.54. The fraction of sp³-hybridized carbons (Fsp3) is 0.714. The summed E-state index contributed by atoms with van der Waals surface area (Å²) in [6, 6.07) is 1.88. The van der Waals surface area contributed by atoms with Gasteiger partial charge in [-0.15, -0.1) is 0 Å². The van der Waals surface area contributed by atoms with Crippen LogP contribution in [0.25, 0.3) is 0 Å². The van der Waals surface area contributed by atoms with Crippen molar-refractivity contribution < 1.29 is 0 Å². The summed E-state index contributed by atoms with van der Waals surface area (Å²) in [6.07, 6.45) is 6.73. The molecule has 3 aliphatic heterocycles. The van der Waals surface area contributed by atoms with Crippen LogP contribution in [0.1, 0.15) is 19.3 Å². The van der Waals surface area contributed by atoms with Crippen LogP contribution in [0.15, 0.2) is 11.8 Å². The molecule has 0 bridgehead atoms. The highest BCUT2D eigenvalue weighted by Gasteiger charge is 2.47. The van der Waals surface area contributed by atoms with Gasteiger partial charge in [0.2, 0.25) is 0 Å². The Morgan fingerprint density at radius 1 is 1.50 bits per heavy atom. The van der Waals surface area contributed by atoms with E-state index in [1.807, 2.05) is 0 Å². The molecular formula is C7H9N. The maximum Gasteiger partial charge on any atom is 0.0493 e. The van der Waals surface area contributed by atoms with Crippen LogP contribution in [0.4, 0.5) is 0 Å². The van der Waals surface area contributed by atoms with Gasteiger partial charge in [0.1, 0.15) is 0 Å². The number of rotatable bonds is 0. The number of nitrogens with zero attached hydrogens (tertiary/aromatic N) is 1. The molecule has 0 aliphatic carbocycles. The smallest absolute Gasteiger partial charge is 0.0493 e. The quantitative estimate of drug-likeness (QED) is 0.448. The predicted octanol–water partition coefficient (Wildman–Crippen LogP) is 1.12. The topological polar surface area (TPSA) is 3.24 Å². The first-order valence-corrected chi connectivity index (χ1v) is 3.44. The molecule has 3 rings (SSSR count). The average Bonchev–Trinajstić information content (AvgIpc) is 2.02. The predicted molar refractivity (Wildman–Crippen MR) is 31.3 cm³/mol. The molecule has 2 fully saturated rings. The summed E-state index contributed by atoms with van der Waals surface area (Å²) >= 11 is 0. The van der Waals surface area contributed by atoms with Crippen molar-refractivity contribution in [3.05, 3.63) is 11.8 Å². The largest absolute Gasteiger partial charge is 0.365 e. The van der Waals surface area contributed by atoms with Gasteiger partial charge in [0, 0.05) is 24.2 Å². The van der Waals surface area contributed by atoms with Crippen LogP contribution in [-0.4, -0.2) is 17.0 Å². The summed E-state index contributed by atoms with van der Waals surface area (Å²) in [5.74, 6) is 0. The summed E-state index contributed by atoms with van der Waals surface area (Å²) in [5, 5.41) is 0. The second-order valence-corrected chi connectivity index (χ2v) is 3.07. The van der Waals surface area contributed by atoms with Gasteiger partial charge in [-0.25, -0.2) is 0 Å². The zero-order chi connectivity index (χ0) is 5.14. The van der Waals surface area contributed by atoms with Crippen LogP contribution in [0.2, 0.25) is 0 Å². The van der Waals surface area contributed by atoms with E-state index in [0.29, 0.717) is 0 Å². The van der Waals surface area contributed by atoms with Crippen molar-refractivity contribution in [1.82, 2.24) is 4.90 Å². The van der Waals surface area contributed by atoms with Crippen molar-refractivity contribution in [2.75, 3.05) is 0 Å². The van der Waals surface area contributed by atoms with E-state index in [4.69, 9.17) is 0 Å². The molecule has 0 N–H and O–H groups in total. The lowest BCUT2D eigenvalue weighted by Gasteiger charge is -2.50. The maximum atomic E-state index is 2.58. The minimum Gasteiger partial charge on any atom is -0.365 e. The average molecular weight is 107 g/mol. The molecular weight excluding hydrogens is 98.1 g/mol. The number of hydrogen-bond acceptors (Lipinski definition) is 1. The van der Waals surface area contributed by atoms with E-state index < -0.39 is 0 Å². The third-order valence-electron chi connectivity index (χ3n) is 2.71. The molecule has 0 aromatic carbocycles. The molecule has 3 heterocycles. The van der Waals surface area contributed by atoms with Gasteiger partial charge in [-0.1, -0.05) is 0 Å². The van der Waals surface area contributed by atoms with Crippen LogP contribution < -0.4 is 0 Å². The molecule has 0 aromatic heterocycles. The highest BCUT2D eigenvalue weighted by atomic mass is 15.3. The third-order valence-corrected chi connectivity index (χ3v) is 2.71. The summed E-state index contributed by atoms with van der Waals surface area (Å²) in [7, 11) is 0. The molecule has 3 aliphatic rings. The third kappa shape index (κ3) is 0.190. The first-order valence-electron chi connectivity index (χ1n) is 3.44. The monoisotopic (exact) mass is 107 g/mol. The lowest BCUT2D eigenvalue weighted by Crippen LogP contribution is -2.51. The minimum absolute atomic E-state index is 0.892. The fourth-order valence-electron chi connectivity index (χ4n) is 2.25. The Hall–Kier alpha value is -0.460. The van der Waals surface area contributed by atoms with Gasteiger partial charge in [-0.2, -0.15) is 0 Å². The van der Waals surface area contributed by atoms with Crippen molar-refractivity contribution in [2.45, 2.75) is 31.3 Å². The Balaban J connectivity index is 2.11. The molecule has 0 spiro atoms. The Bertz CT molecular complexity index is 171. The van der Waals surface area contributed by atoms with Crippen LogP contribution >= 0.6 is 0 Å². The minimum atomic E-state index is 0.892. The van der Waals surface area contributed by atoms with Gasteiger partial charge in [-0.3, -0.25) is 0 Å². The maximum absolute atomic E-state index is 2.58. The van der Waals surface area contributed by atoms with Crippen molar-refractivity contribution in [1.29, 1.82) is 0 Å². The van der Waals surface area contributed by atoms with Gasteiger partial charge in [-0.05, 0) is 18.9 Å². The molecule has 8 heavy (non-hydrogen) atoms. The second-order valence-electron chi connectivity index (χ2n) is 3.07. The van der Waals surface area contributed by atoms with Crippen LogP contribution in [0, 0.1) is 0 Å². The van der Waals surface area contributed by atoms with E-state index in [0.717, 1.165) is 12.1 Å². The van der Waals surface area contributed by atoms with E-state index >= 15 is 0 Å². The molecule has 2 unspecified atom stereocenters. The van der Waals surface area contributed by atoms with E-state index in [1.165, 1.54) is 19.3 Å². The van der Waals surface area contributed by atoms with Gasteiger partial charge < -0.3 is 4.90 Å². The highest BCUT2D eigenvalue weighted by Crippen LogP contribution is 2.48. The summed E-state index contributed by atoms with van der Waals surface area (Å²) < 4.78 is 0. The van der Waals surface area contributed by atoms with Gasteiger partial charge >= 0.3 is 0 Å². The van der Waals surface area contributed by atoms with Crippen LogP contribution in [-0.2, 0) is 0 Å². The lowest BCUT2D eigenvalue weighted by atomic mass is 9.93. The second kappa shape index (κ2) is 0.831. The zero-order valence-electron chi connectivity index (χ0n) is 4.80. The van der Waals surface area contributed by atoms with Crippen LogP contribution in [0.5, 0.6) is 0 Å². The van der Waals surface area contributed by atoms with Crippen molar-refractivity contribution in [2.24, 2.45) is 0 Å². The first-order chi connectivity index (χ1) is 3.95. The Kier molecular flexibility index (Phi) is 0.368. The van der Waals surface area contributed by atoms with Crippen molar-refractivity contribution in [3.63, 3.8) is 0 Å². The summed E-state index contributed by atoms with van der Waals surface area (Å²) in [5.41, 5.74) is 1.64. The highest BCUT2D eigenvalue weighted by molar-refractivity contribution is 5.32. The summed E-state index contributed by atoms with van der Waals surface area (Å²) in [4.78, 5) is 2.58. The Morgan fingerprint density at radius 2 is 2.50 bits per heavy atom. The van der Waals surface area contributed by atoms with E-state index in [-0.39, 0.29) is 0 Å². The van der Waals surface area contributed by atoms with Gasteiger partial charge in [0.05, 0.1) is 0 Å². The Labute approximate surface area is 49.0 Å². The van der Waals surface area contributed by atoms with Gasteiger partial charge in [0.15, 0.2) is 0 Å². The molecule has 0 saturated carbocycles. The van der Waals surface area contributed by atoms with Crippen LogP contribution in [0.3, 0.4) is 0 Å². The van der Waals surface area contributed by atoms with E-state index in [9.17, 15) is 0 Å². The van der Waals surface area contributed by atoms with Crippen molar-refractivity contribution >= 4 is 0 Å². The van der Waals surface area contributed by atoms with E-state index in [2.05, 4.69) is 11.0 Å². The standard InChI is InChI=1S/C7H9N/c1-2-6-4-7-3-5(1)8(6)7/h3,5-6H,1-2,4H2.